The molecule has 4 aromatic rings. The second kappa shape index (κ2) is 12.0. The molecule has 0 aliphatic rings. The fraction of sp³-hybridized carbons (Fsp3) is 0. The van der Waals surface area contributed by atoms with Crippen LogP contribution >= 0.6 is 27.5 Å². The van der Waals surface area contributed by atoms with E-state index in [0.717, 1.165) is 4.47 Å². The Balaban J connectivity index is 1.38. The van der Waals surface area contributed by atoms with Crippen LogP contribution in [-0.4, -0.2) is 26.5 Å². The molecule has 0 unspecified atom stereocenters. The standard InChI is InChI=1S/C27H19BrClN3O5S/c28-20-9-7-19(8-10-20)27(34)37-22-13-5-18(6-14-22)17-30-31-26(33)24-3-1-2-4-25(24)32-38(35,36)23-15-11-21(29)12-16-23/h1-17,32H,(H,31,33). The van der Waals surface area contributed by atoms with Gasteiger partial charge in [0.1, 0.15) is 5.75 Å². The Hall–Kier alpha value is -3.99. The van der Waals surface area contributed by atoms with Crippen molar-refractivity contribution in [1.82, 2.24) is 5.43 Å². The highest BCUT2D eigenvalue weighted by Gasteiger charge is 2.18. The topological polar surface area (TPSA) is 114 Å². The van der Waals surface area contributed by atoms with Crippen LogP contribution in [0.4, 0.5) is 5.69 Å². The van der Waals surface area contributed by atoms with Crippen molar-refractivity contribution in [3.05, 3.63) is 123 Å². The van der Waals surface area contributed by atoms with E-state index in [2.05, 4.69) is 31.2 Å². The van der Waals surface area contributed by atoms with E-state index < -0.39 is 21.9 Å². The average Bonchev–Trinajstić information content (AvgIpc) is 2.90. The highest BCUT2D eigenvalue weighted by molar-refractivity contribution is 9.10. The average molecular weight is 613 g/mol. The lowest BCUT2D eigenvalue weighted by molar-refractivity contribution is 0.0734. The van der Waals surface area contributed by atoms with Crippen LogP contribution in [0.5, 0.6) is 5.75 Å². The number of para-hydroxylation sites is 1. The van der Waals surface area contributed by atoms with Crippen molar-refractivity contribution in [2.45, 2.75) is 4.90 Å². The minimum atomic E-state index is -3.95. The zero-order valence-corrected chi connectivity index (χ0v) is 22.6. The zero-order valence-electron chi connectivity index (χ0n) is 19.5. The number of nitrogens with one attached hydrogen (secondary N) is 2. The van der Waals surface area contributed by atoms with Gasteiger partial charge in [0.25, 0.3) is 15.9 Å². The number of nitrogens with zero attached hydrogens (tertiary/aromatic N) is 1. The van der Waals surface area contributed by atoms with Gasteiger partial charge in [-0.15, -0.1) is 0 Å². The second-order valence-electron chi connectivity index (χ2n) is 7.77. The number of carbonyl (C=O) groups is 2. The largest absolute Gasteiger partial charge is 0.423 e. The van der Waals surface area contributed by atoms with E-state index in [-0.39, 0.29) is 16.1 Å². The molecule has 4 aromatic carbocycles. The first-order valence-corrected chi connectivity index (χ1v) is 13.7. The smallest absolute Gasteiger partial charge is 0.343 e. The maximum absolute atomic E-state index is 12.7. The summed E-state index contributed by atoms with van der Waals surface area (Å²) >= 11 is 9.15. The van der Waals surface area contributed by atoms with Crippen LogP contribution in [0.25, 0.3) is 0 Å². The maximum Gasteiger partial charge on any atom is 0.343 e. The van der Waals surface area contributed by atoms with Crippen LogP contribution in [0.1, 0.15) is 26.3 Å². The van der Waals surface area contributed by atoms with Crippen molar-refractivity contribution >= 4 is 61.3 Å². The Morgan fingerprint density at radius 1 is 0.868 bits per heavy atom. The summed E-state index contributed by atoms with van der Waals surface area (Å²) in [7, 11) is -3.95. The van der Waals surface area contributed by atoms with Crippen molar-refractivity contribution in [3.8, 4) is 5.75 Å². The monoisotopic (exact) mass is 611 g/mol. The number of benzene rings is 4. The molecule has 0 aromatic heterocycles. The third-order valence-corrected chi connectivity index (χ3v) is 7.25. The van der Waals surface area contributed by atoms with Crippen molar-refractivity contribution in [1.29, 1.82) is 0 Å². The number of hydrazone groups is 1. The van der Waals surface area contributed by atoms with Gasteiger partial charge in [0, 0.05) is 9.50 Å². The Morgan fingerprint density at radius 2 is 1.53 bits per heavy atom. The first kappa shape index (κ1) is 27.1. The maximum atomic E-state index is 12.7. The van der Waals surface area contributed by atoms with E-state index in [1.165, 1.54) is 42.6 Å². The molecule has 38 heavy (non-hydrogen) atoms. The number of sulfonamides is 1. The summed E-state index contributed by atoms with van der Waals surface area (Å²) in [5, 5.41) is 4.34. The van der Waals surface area contributed by atoms with Crippen LogP contribution in [0.15, 0.2) is 112 Å². The van der Waals surface area contributed by atoms with Crippen LogP contribution in [0, 0.1) is 0 Å². The molecular weight excluding hydrogens is 594 g/mol. The van der Waals surface area contributed by atoms with Gasteiger partial charge in [-0.1, -0.05) is 39.7 Å². The van der Waals surface area contributed by atoms with Crippen molar-refractivity contribution < 1.29 is 22.7 Å². The number of anilines is 1. The molecule has 0 saturated carbocycles. The molecule has 192 valence electrons. The molecule has 0 bridgehead atoms. The van der Waals surface area contributed by atoms with Gasteiger partial charge in [0.15, 0.2) is 0 Å². The normalized spacial score (nSPS) is 11.2. The van der Waals surface area contributed by atoms with E-state index in [4.69, 9.17) is 16.3 Å². The number of esters is 1. The summed E-state index contributed by atoms with van der Waals surface area (Å²) in [4.78, 5) is 25.0. The van der Waals surface area contributed by atoms with E-state index in [9.17, 15) is 18.0 Å². The lowest BCUT2D eigenvalue weighted by atomic mass is 10.2. The van der Waals surface area contributed by atoms with E-state index >= 15 is 0 Å². The summed E-state index contributed by atoms with van der Waals surface area (Å²) in [6.07, 6.45) is 1.40. The number of hydrogen-bond donors (Lipinski definition) is 2. The van der Waals surface area contributed by atoms with E-state index in [1.54, 1.807) is 60.7 Å². The number of hydrogen-bond acceptors (Lipinski definition) is 6. The Bertz CT molecular complexity index is 1590. The third kappa shape index (κ3) is 7.06. The molecule has 0 atom stereocenters. The van der Waals surface area contributed by atoms with Gasteiger partial charge in [-0.25, -0.2) is 18.6 Å². The first-order chi connectivity index (χ1) is 18.2. The van der Waals surface area contributed by atoms with Gasteiger partial charge < -0.3 is 4.74 Å². The second-order valence-corrected chi connectivity index (χ2v) is 10.8. The Morgan fingerprint density at radius 3 is 2.21 bits per heavy atom. The Kier molecular flexibility index (Phi) is 8.57. The summed E-state index contributed by atoms with van der Waals surface area (Å²) in [5.41, 5.74) is 3.60. The summed E-state index contributed by atoms with van der Waals surface area (Å²) in [6.45, 7) is 0. The van der Waals surface area contributed by atoms with Crippen molar-refractivity contribution in [3.63, 3.8) is 0 Å². The number of ether oxygens (including phenoxy) is 1. The van der Waals surface area contributed by atoms with Gasteiger partial charge in [0.05, 0.1) is 27.9 Å². The minimum absolute atomic E-state index is 0.00102. The molecule has 11 heteroatoms. The van der Waals surface area contributed by atoms with Crippen LogP contribution in [0.3, 0.4) is 0 Å². The number of carbonyl (C=O) groups excluding carboxylic acids is 2. The zero-order chi connectivity index (χ0) is 27.1. The fourth-order valence-corrected chi connectivity index (χ4v) is 4.66. The third-order valence-electron chi connectivity index (χ3n) is 5.09. The molecule has 0 heterocycles. The molecule has 0 aliphatic heterocycles. The molecule has 0 radical (unpaired) electrons. The molecule has 2 N–H and O–H groups in total. The van der Waals surface area contributed by atoms with E-state index in [1.807, 2.05) is 0 Å². The predicted octanol–water partition coefficient (Wildman–Crippen LogP) is 5.89. The van der Waals surface area contributed by atoms with Gasteiger partial charge in [-0.3, -0.25) is 9.52 Å². The molecule has 0 spiro atoms. The molecule has 8 nitrogen and oxygen atoms in total. The lowest BCUT2D eigenvalue weighted by Gasteiger charge is -2.11. The number of rotatable bonds is 8. The summed E-state index contributed by atoms with van der Waals surface area (Å²) < 4.78 is 34.1. The Labute approximate surface area is 232 Å². The van der Waals surface area contributed by atoms with Crippen molar-refractivity contribution in [2.75, 3.05) is 4.72 Å². The SMILES string of the molecule is O=C(Oc1ccc(C=NNC(=O)c2ccccc2NS(=O)(=O)c2ccc(Cl)cc2)cc1)c1ccc(Br)cc1. The fourth-order valence-electron chi connectivity index (χ4n) is 3.19. The quantitative estimate of drug-likeness (QED) is 0.112. The molecule has 0 saturated heterocycles. The highest BCUT2D eigenvalue weighted by atomic mass is 79.9. The van der Waals surface area contributed by atoms with Gasteiger partial charge >= 0.3 is 5.97 Å². The van der Waals surface area contributed by atoms with E-state index in [0.29, 0.717) is 21.9 Å². The molecular formula is C27H19BrClN3O5S. The molecule has 4 rings (SSSR count). The van der Waals surface area contributed by atoms with Crippen LogP contribution < -0.4 is 14.9 Å². The van der Waals surface area contributed by atoms with Gasteiger partial charge in [0.2, 0.25) is 0 Å². The van der Waals surface area contributed by atoms with Gasteiger partial charge in [-0.05, 0) is 90.5 Å². The summed E-state index contributed by atoms with van der Waals surface area (Å²) in [6, 6.07) is 25.1. The lowest BCUT2D eigenvalue weighted by Crippen LogP contribution is -2.21. The number of halogens is 2. The first-order valence-electron chi connectivity index (χ1n) is 11.0. The molecule has 1 amide bonds. The summed E-state index contributed by atoms with van der Waals surface area (Å²) in [5.74, 6) is -0.756. The van der Waals surface area contributed by atoms with Crippen LogP contribution in [0.2, 0.25) is 5.02 Å². The molecule has 0 fully saturated rings. The molecule has 0 aliphatic carbocycles. The van der Waals surface area contributed by atoms with Crippen molar-refractivity contribution in [2.24, 2.45) is 5.10 Å². The number of amides is 1. The predicted molar refractivity (Wildman–Crippen MR) is 149 cm³/mol. The van der Waals surface area contributed by atoms with Crippen LogP contribution in [-0.2, 0) is 10.0 Å². The highest BCUT2D eigenvalue weighted by Crippen LogP contribution is 2.21. The minimum Gasteiger partial charge on any atom is -0.423 e. The van der Waals surface area contributed by atoms with Gasteiger partial charge in [-0.2, -0.15) is 5.10 Å².